The van der Waals surface area contributed by atoms with Crippen molar-refractivity contribution in [2.75, 3.05) is 26.2 Å². The van der Waals surface area contributed by atoms with Crippen LogP contribution in [0, 0.1) is 5.92 Å². The molecule has 7 heteroatoms. The molecule has 0 aromatic heterocycles. The fourth-order valence-corrected chi connectivity index (χ4v) is 1.52. The van der Waals surface area contributed by atoms with Gasteiger partial charge in [-0.25, -0.2) is 4.79 Å². The number of amides is 3. The molecule has 0 aromatic carbocycles. The van der Waals surface area contributed by atoms with E-state index >= 15 is 0 Å². The van der Waals surface area contributed by atoms with Gasteiger partial charge in [-0.1, -0.05) is 13.8 Å². The maximum atomic E-state index is 12.1. The predicted molar refractivity (Wildman–Crippen MR) is 65.9 cm³/mol. The van der Waals surface area contributed by atoms with Crippen LogP contribution in [0.4, 0.5) is 4.79 Å². The van der Waals surface area contributed by atoms with Gasteiger partial charge in [-0.2, -0.15) is 0 Å². The average molecular weight is 259 g/mol. The number of primary amides is 1. The van der Waals surface area contributed by atoms with Gasteiger partial charge in [-0.05, 0) is 12.8 Å². The van der Waals surface area contributed by atoms with E-state index in [0.717, 1.165) is 0 Å². The minimum Gasteiger partial charge on any atom is -0.480 e. The number of nitrogens with zero attached hydrogens (tertiary/aromatic N) is 2. The SMILES string of the molecule is CCN(CC(N)=O)C(=O)N(CC(=O)O)CC(C)C. The Balaban J connectivity index is 4.78. The van der Waals surface area contributed by atoms with Gasteiger partial charge >= 0.3 is 12.0 Å². The highest BCUT2D eigenvalue weighted by Gasteiger charge is 2.23. The van der Waals surface area contributed by atoms with E-state index in [1.807, 2.05) is 13.8 Å². The third-order valence-corrected chi connectivity index (χ3v) is 2.18. The molecule has 0 heterocycles. The van der Waals surface area contributed by atoms with Crippen LogP contribution in [0.1, 0.15) is 20.8 Å². The molecule has 0 spiro atoms. The van der Waals surface area contributed by atoms with Crippen molar-refractivity contribution in [3.05, 3.63) is 0 Å². The number of hydrogen-bond donors (Lipinski definition) is 2. The minimum atomic E-state index is -1.08. The number of likely N-dealkylation sites (N-methyl/N-ethyl adjacent to an activating group) is 1. The number of carbonyl (C=O) groups excluding carboxylic acids is 2. The van der Waals surface area contributed by atoms with Gasteiger partial charge in [-0.3, -0.25) is 9.59 Å². The molecule has 0 unspecified atom stereocenters. The molecule has 3 N–H and O–H groups in total. The Hall–Kier alpha value is -1.79. The molecule has 0 aliphatic rings. The number of nitrogens with two attached hydrogens (primary N) is 1. The van der Waals surface area contributed by atoms with Crippen LogP contribution in [0.25, 0.3) is 0 Å². The number of rotatable bonds is 7. The van der Waals surface area contributed by atoms with Gasteiger partial charge in [0.15, 0.2) is 0 Å². The van der Waals surface area contributed by atoms with Crippen LogP contribution in [0.15, 0.2) is 0 Å². The monoisotopic (exact) mass is 259 g/mol. The zero-order chi connectivity index (χ0) is 14.3. The normalized spacial score (nSPS) is 10.2. The lowest BCUT2D eigenvalue weighted by molar-refractivity contribution is -0.137. The van der Waals surface area contributed by atoms with Crippen molar-refractivity contribution in [1.29, 1.82) is 0 Å². The van der Waals surface area contributed by atoms with Crippen LogP contribution in [0.5, 0.6) is 0 Å². The summed E-state index contributed by atoms with van der Waals surface area (Å²) in [4.78, 5) is 36.1. The van der Waals surface area contributed by atoms with Crippen molar-refractivity contribution in [3.8, 4) is 0 Å². The smallest absolute Gasteiger partial charge is 0.323 e. The van der Waals surface area contributed by atoms with Crippen LogP contribution >= 0.6 is 0 Å². The predicted octanol–water partition coefficient (Wildman–Crippen LogP) is -0.0438. The second-order valence-corrected chi connectivity index (χ2v) is 4.43. The van der Waals surface area contributed by atoms with Crippen molar-refractivity contribution in [1.82, 2.24) is 9.80 Å². The van der Waals surface area contributed by atoms with Gasteiger partial charge in [-0.15, -0.1) is 0 Å². The van der Waals surface area contributed by atoms with Gasteiger partial charge < -0.3 is 20.6 Å². The second kappa shape index (κ2) is 7.52. The summed E-state index contributed by atoms with van der Waals surface area (Å²) < 4.78 is 0. The maximum absolute atomic E-state index is 12.1. The molecule has 0 aliphatic carbocycles. The van der Waals surface area contributed by atoms with Crippen molar-refractivity contribution < 1.29 is 19.5 Å². The van der Waals surface area contributed by atoms with Gasteiger partial charge in [0.05, 0.1) is 0 Å². The first-order valence-corrected chi connectivity index (χ1v) is 5.81. The van der Waals surface area contributed by atoms with Crippen LogP contribution in [0.3, 0.4) is 0 Å². The zero-order valence-electron chi connectivity index (χ0n) is 11.0. The summed E-state index contributed by atoms with van der Waals surface area (Å²) in [5.74, 6) is -1.57. The van der Waals surface area contributed by atoms with E-state index in [1.54, 1.807) is 6.92 Å². The Morgan fingerprint density at radius 2 is 1.72 bits per heavy atom. The molecule has 0 radical (unpaired) electrons. The summed E-state index contributed by atoms with van der Waals surface area (Å²) in [6.07, 6.45) is 0. The molecule has 18 heavy (non-hydrogen) atoms. The van der Waals surface area contributed by atoms with Crippen molar-refractivity contribution in [2.45, 2.75) is 20.8 Å². The van der Waals surface area contributed by atoms with E-state index in [-0.39, 0.29) is 19.0 Å². The summed E-state index contributed by atoms with van der Waals surface area (Å²) in [5, 5.41) is 8.78. The molecule has 0 aromatic rings. The van der Waals surface area contributed by atoms with Crippen LogP contribution in [0.2, 0.25) is 0 Å². The molecular weight excluding hydrogens is 238 g/mol. The topological polar surface area (TPSA) is 104 Å². The third kappa shape index (κ3) is 6.07. The van der Waals surface area contributed by atoms with E-state index in [0.29, 0.717) is 13.1 Å². The summed E-state index contributed by atoms with van der Waals surface area (Å²) in [5.41, 5.74) is 5.04. The highest BCUT2D eigenvalue weighted by molar-refractivity contribution is 5.84. The molecule has 104 valence electrons. The Labute approximate surface area is 107 Å². The van der Waals surface area contributed by atoms with Crippen molar-refractivity contribution in [3.63, 3.8) is 0 Å². The Morgan fingerprint density at radius 3 is 2.06 bits per heavy atom. The highest BCUT2D eigenvalue weighted by Crippen LogP contribution is 2.04. The van der Waals surface area contributed by atoms with Crippen LogP contribution in [-0.2, 0) is 9.59 Å². The first kappa shape index (κ1) is 16.2. The minimum absolute atomic E-state index is 0.139. The van der Waals surface area contributed by atoms with Crippen LogP contribution < -0.4 is 5.73 Å². The third-order valence-electron chi connectivity index (χ3n) is 2.18. The molecule has 0 rings (SSSR count). The molecule has 0 saturated carbocycles. The number of hydrogen-bond acceptors (Lipinski definition) is 3. The zero-order valence-corrected chi connectivity index (χ0v) is 11.0. The Bertz CT molecular complexity index is 317. The average Bonchev–Trinajstić information content (AvgIpc) is 2.22. The quantitative estimate of drug-likeness (QED) is 0.669. The van der Waals surface area contributed by atoms with E-state index < -0.39 is 17.9 Å². The summed E-state index contributed by atoms with van der Waals surface area (Å²) in [6.45, 7) is 5.50. The Morgan fingerprint density at radius 1 is 1.17 bits per heavy atom. The van der Waals surface area contributed by atoms with Crippen molar-refractivity contribution >= 4 is 17.9 Å². The van der Waals surface area contributed by atoms with E-state index in [1.165, 1.54) is 9.80 Å². The molecule has 3 amide bonds. The lowest BCUT2D eigenvalue weighted by Crippen LogP contribution is -2.49. The number of carbonyl (C=O) groups is 3. The largest absolute Gasteiger partial charge is 0.480 e. The fraction of sp³-hybridized carbons (Fsp3) is 0.727. The first-order valence-electron chi connectivity index (χ1n) is 5.81. The molecule has 0 aliphatic heterocycles. The standard InChI is InChI=1S/C11H21N3O4/c1-4-13(6-9(12)15)11(18)14(5-8(2)3)7-10(16)17/h8H,4-7H2,1-3H3,(H2,12,15)(H,16,17). The molecule has 0 saturated heterocycles. The summed E-state index contributed by atoms with van der Waals surface area (Å²) in [6, 6.07) is -0.479. The Kier molecular flexibility index (Phi) is 6.77. The molecule has 7 nitrogen and oxygen atoms in total. The van der Waals surface area contributed by atoms with E-state index in [4.69, 9.17) is 10.8 Å². The maximum Gasteiger partial charge on any atom is 0.323 e. The van der Waals surface area contributed by atoms with E-state index in [2.05, 4.69) is 0 Å². The number of carboxylic acid groups (broad SMARTS) is 1. The molecular formula is C11H21N3O4. The lowest BCUT2D eigenvalue weighted by atomic mass is 10.2. The van der Waals surface area contributed by atoms with E-state index in [9.17, 15) is 14.4 Å². The van der Waals surface area contributed by atoms with Crippen LogP contribution in [-0.4, -0.2) is 59.0 Å². The van der Waals surface area contributed by atoms with Crippen molar-refractivity contribution in [2.24, 2.45) is 11.7 Å². The molecule has 0 atom stereocenters. The van der Waals surface area contributed by atoms with Gasteiger partial charge in [0.2, 0.25) is 5.91 Å². The lowest BCUT2D eigenvalue weighted by Gasteiger charge is -2.29. The first-order chi connectivity index (χ1) is 8.27. The van der Waals surface area contributed by atoms with Gasteiger partial charge in [0.1, 0.15) is 13.1 Å². The summed E-state index contributed by atoms with van der Waals surface area (Å²) >= 11 is 0. The van der Waals surface area contributed by atoms with Gasteiger partial charge in [0.25, 0.3) is 0 Å². The fourth-order valence-electron chi connectivity index (χ4n) is 1.52. The van der Waals surface area contributed by atoms with Gasteiger partial charge in [0, 0.05) is 13.1 Å². The molecule has 0 bridgehead atoms. The number of aliphatic carboxylic acids is 1. The molecule has 0 fully saturated rings. The number of urea groups is 1. The second-order valence-electron chi connectivity index (χ2n) is 4.43. The number of carboxylic acids is 1. The summed E-state index contributed by atoms with van der Waals surface area (Å²) in [7, 11) is 0. The highest BCUT2D eigenvalue weighted by atomic mass is 16.4.